The summed E-state index contributed by atoms with van der Waals surface area (Å²) in [6.45, 7) is 3.37. The second kappa shape index (κ2) is 8.10. The van der Waals surface area contributed by atoms with Crippen LogP contribution in [0.1, 0.15) is 25.5 Å². The highest BCUT2D eigenvalue weighted by Gasteiger charge is 2.36. The van der Waals surface area contributed by atoms with Crippen LogP contribution in [-0.2, 0) is 14.8 Å². The maximum atomic E-state index is 12.8. The van der Waals surface area contributed by atoms with Crippen molar-refractivity contribution in [2.45, 2.75) is 26.0 Å². The number of methoxy groups -OCH3 is 1. The van der Waals surface area contributed by atoms with Crippen molar-refractivity contribution in [3.05, 3.63) is 54.1 Å². The number of hydrogen-bond acceptors (Lipinski definition) is 5. The molecule has 2 aromatic carbocycles. The van der Waals surface area contributed by atoms with Crippen LogP contribution in [0.15, 0.2) is 48.5 Å². The van der Waals surface area contributed by atoms with E-state index in [1.54, 1.807) is 38.3 Å². The number of nitrogens with zero attached hydrogens (tertiary/aromatic N) is 1. The number of fused-ring (bicyclic) bond motifs is 1. The van der Waals surface area contributed by atoms with Crippen LogP contribution in [0.3, 0.4) is 0 Å². The summed E-state index contributed by atoms with van der Waals surface area (Å²) < 4.78 is 37.2. The Morgan fingerprint density at radius 1 is 1.25 bits per heavy atom. The lowest BCUT2D eigenvalue weighted by molar-refractivity contribution is -0.128. The molecule has 2 aromatic rings. The summed E-state index contributed by atoms with van der Waals surface area (Å²) in [6.07, 6.45) is -0.933. The Morgan fingerprint density at radius 2 is 1.93 bits per heavy atom. The number of amides is 1. The van der Waals surface area contributed by atoms with Gasteiger partial charge >= 0.3 is 0 Å². The molecule has 150 valence electrons. The monoisotopic (exact) mass is 404 g/mol. The molecule has 0 bridgehead atoms. The van der Waals surface area contributed by atoms with E-state index in [4.69, 9.17) is 9.47 Å². The Kier molecular flexibility index (Phi) is 5.79. The molecule has 0 aromatic heterocycles. The predicted octanol–water partition coefficient (Wildman–Crippen LogP) is 2.49. The number of ether oxygens (including phenoxy) is 2. The molecule has 0 spiro atoms. The molecule has 1 heterocycles. The van der Waals surface area contributed by atoms with E-state index in [1.165, 1.54) is 4.31 Å². The average Bonchev–Trinajstić information content (AvgIpc) is 2.72. The fourth-order valence-corrected chi connectivity index (χ4v) is 4.16. The first-order valence-corrected chi connectivity index (χ1v) is 10.7. The van der Waals surface area contributed by atoms with E-state index in [0.29, 0.717) is 11.4 Å². The van der Waals surface area contributed by atoms with Gasteiger partial charge in [-0.15, -0.1) is 0 Å². The predicted molar refractivity (Wildman–Crippen MR) is 107 cm³/mol. The number of para-hydroxylation sites is 2. The summed E-state index contributed by atoms with van der Waals surface area (Å²) in [6, 6.07) is 13.9. The van der Waals surface area contributed by atoms with Gasteiger partial charge in [0.25, 0.3) is 5.91 Å². The number of nitrogens with one attached hydrogen (secondary N) is 1. The highest BCUT2D eigenvalue weighted by Crippen LogP contribution is 2.35. The smallest absolute Gasteiger partial charge is 0.263 e. The number of sulfonamides is 1. The lowest BCUT2D eigenvalue weighted by atomic mass is 10.1. The Hall–Kier alpha value is -2.74. The molecule has 8 heteroatoms. The zero-order valence-corrected chi connectivity index (χ0v) is 16.9. The SMILES string of the molecule is CCS(=O)(=O)N1C[C@H](C(=O)N[C@@H](C)c2ccc(OC)cc2)Oc2ccccc21. The molecule has 1 aliphatic heterocycles. The van der Waals surface area contributed by atoms with Gasteiger partial charge in [0.2, 0.25) is 10.0 Å². The summed E-state index contributed by atoms with van der Waals surface area (Å²) in [5.74, 6) is 0.685. The van der Waals surface area contributed by atoms with E-state index >= 15 is 0 Å². The van der Waals surface area contributed by atoms with Crippen molar-refractivity contribution in [1.82, 2.24) is 5.32 Å². The van der Waals surface area contributed by atoms with Gasteiger partial charge in [-0.2, -0.15) is 0 Å². The van der Waals surface area contributed by atoms with Gasteiger partial charge < -0.3 is 14.8 Å². The topological polar surface area (TPSA) is 84.9 Å². The van der Waals surface area contributed by atoms with Crippen molar-refractivity contribution < 1.29 is 22.7 Å². The third-order valence-corrected chi connectivity index (χ3v) is 6.45. The van der Waals surface area contributed by atoms with Gasteiger partial charge in [-0.05, 0) is 43.7 Å². The van der Waals surface area contributed by atoms with Crippen LogP contribution < -0.4 is 19.1 Å². The van der Waals surface area contributed by atoms with Gasteiger partial charge in [-0.3, -0.25) is 9.10 Å². The van der Waals surface area contributed by atoms with Crippen molar-refractivity contribution in [2.24, 2.45) is 0 Å². The summed E-state index contributed by atoms with van der Waals surface area (Å²) in [4.78, 5) is 12.8. The molecule has 1 N–H and O–H groups in total. The van der Waals surface area contributed by atoms with Crippen LogP contribution in [0.4, 0.5) is 5.69 Å². The molecule has 1 aliphatic rings. The first-order chi connectivity index (χ1) is 13.4. The third kappa shape index (κ3) is 4.06. The summed E-state index contributed by atoms with van der Waals surface area (Å²) in [7, 11) is -1.94. The summed E-state index contributed by atoms with van der Waals surface area (Å²) >= 11 is 0. The van der Waals surface area contributed by atoms with Crippen LogP contribution in [0, 0.1) is 0 Å². The van der Waals surface area contributed by atoms with Crippen LogP contribution in [0.2, 0.25) is 0 Å². The van der Waals surface area contributed by atoms with Gasteiger partial charge in [0.05, 0.1) is 31.1 Å². The number of rotatable bonds is 6. The number of benzene rings is 2. The molecule has 1 amide bonds. The maximum absolute atomic E-state index is 12.8. The molecule has 7 nitrogen and oxygen atoms in total. The van der Waals surface area contributed by atoms with Crippen molar-refractivity contribution in [3.63, 3.8) is 0 Å². The molecule has 0 saturated carbocycles. The minimum atomic E-state index is -3.53. The van der Waals surface area contributed by atoms with Crippen molar-refractivity contribution in [3.8, 4) is 11.5 Å². The van der Waals surface area contributed by atoms with E-state index < -0.39 is 16.1 Å². The van der Waals surface area contributed by atoms with E-state index in [1.807, 2.05) is 31.2 Å². The number of anilines is 1. The number of carbonyl (C=O) groups is 1. The summed E-state index contributed by atoms with van der Waals surface area (Å²) in [5, 5.41) is 2.90. The molecular weight excluding hydrogens is 380 g/mol. The Morgan fingerprint density at radius 3 is 2.57 bits per heavy atom. The fraction of sp³-hybridized carbons (Fsp3) is 0.350. The molecule has 0 aliphatic carbocycles. The van der Waals surface area contributed by atoms with Gasteiger partial charge in [-0.1, -0.05) is 24.3 Å². The van der Waals surface area contributed by atoms with Gasteiger partial charge in [0, 0.05) is 0 Å². The molecule has 0 unspecified atom stereocenters. The summed E-state index contributed by atoms with van der Waals surface area (Å²) in [5.41, 5.74) is 1.36. The zero-order chi connectivity index (χ0) is 20.3. The van der Waals surface area contributed by atoms with Crippen LogP contribution in [-0.4, -0.2) is 39.8 Å². The minimum absolute atomic E-state index is 0.0576. The molecule has 0 saturated heterocycles. The molecule has 2 atom stereocenters. The first-order valence-electron chi connectivity index (χ1n) is 9.06. The normalized spacial score (nSPS) is 17.2. The number of hydrogen-bond donors (Lipinski definition) is 1. The van der Waals surface area contributed by atoms with Crippen molar-refractivity contribution in [2.75, 3.05) is 23.7 Å². The second-order valence-corrected chi connectivity index (χ2v) is 8.69. The zero-order valence-electron chi connectivity index (χ0n) is 16.1. The van der Waals surface area contributed by atoms with Crippen LogP contribution >= 0.6 is 0 Å². The van der Waals surface area contributed by atoms with Gasteiger partial charge in [0.1, 0.15) is 11.5 Å². The lowest BCUT2D eigenvalue weighted by Crippen LogP contribution is -2.51. The van der Waals surface area contributed by atoms with Crippen molar-refractivity contribution in [1.29, 1.82) is 0 Å². The minimum Gasteiger partial charge on any atom is -0.497 e. The molecule has 3 rings (SSSR count). The van der Waals surface area contributed by atoms with E-state index in [9.17, 15) is 13.2 Å². The molecular formula is C20H24N2O5S. The lowest BCUT2D eigenvalue weighted by Gasteiger charge is -2.35. The van der Waals surface area contributed by atoms with Gasteiger partial charge in [-0.25, -0.2) is 8.42 Å². The molecule has 0 fully saturated rings. The van der Waals surface area contributed by atoms with E-state index in [0.717, 1.165) is 11.3 Å². The second-order valence-electron chi connectivity index (χ2n) is 6.51. The largest absolute Gasteiger partial charge is 0.497 e. The molecule has 28 heavy (non-hydrogen) atoms. The Bertz CT molecular complexity index is 943. The van der Waals surface area contributed by atoms with E-state index in [2.05, 4.69) is 5.32 Å². The van der Waals surface area contributed by atoms with Crippen molar-refractivity contribution >= 4 is 21.6 Å². The molecule has 0 radical (unpaired) electrons. The average molecular weight is 404 g/mol. The quantitative estimate of drug-likeness (QED) is 0.800. The highest BCUT2D eigenvalue weighted by molar-refractivity contribution is 7.92. The van der Waals surface area contributed by atoms with Crippen LogP contribution in [0.25, 0.3) is 0 Å². The number of carbonyl (C=O) groups excluding carboxylic acids is 1. The van der Waals surface area contributed by atoms with E-state index in [-0.39, 0.29) is 24.2 Å². The first kappa shape index (κ1) is 20.0. The Labute approximate surface area is 165 Å². The van der Waals surface area contributed by atoms with Crippen LogP contribution in [0.5, 0.6) is 11.5 Å². The maximum Gasteiger partial charge on any atom is 0.263 e. The Balaban J connectivity index is 1.78. The highest BCUT2D eigenvalue weighted by atomic mass is 32.2. The van der Waals surface area contributed by atoms with Gasteiger partial charge in [0.15, 0.2) is 6.10 Å². The standard InChI is InChI=1S/C20H24N2O5S/c1-4-28(24,25)22-13-19(27-18-8-6-5-7-17(18)22)20(23)21-14(2)15-9-11-16(26-3)12-10-15/h5-12,14,19H,4,13H2,1-3H3,(H,21,23)/t14-,19+/m0/s1. The fourth-order valence-electron chi connectivity index (χ4n) is 3.04. The third-order valence-electron chi connectivity index (χ3n) is 4.70.